The SMILES string of the molecule is Cc1cc(Cl)ccc1N(CCNC(=O)NC1CCCCC1)S(C)(=O)=O. The number of urea groups is 1. The number of nitrogens with zero attached hydrogens (tertiary/aromatic N) is 1. The number of halogens is 1. The van der Waals surface area contributed by atoms with Gasteiger partial charge in [-0.15, -0.1) is 0 Å². The van der Waals surface area contributed by atoms with Gasteiger partial charge in [0.05, 0.1) is 18.5 Å². The number of carbonyl (C=O) groups excluding carboxylic acids is 1. The second-order valence-corrected chi connectivity index (χ2v) is 8.84. The summed E-state index contributed by atoms with van der Waals surface area (Å²) in [5.74, 6) is 0. The van der Waals surface area contributed by atoms with Gasteiger partial charge in [-0.05, 0) is 43.5 Å². The second-order valence-electron chi connectivity index (χ2n) is 6.50. The van der Waals surface area contributed by atoms with Gasteiger partial charge in [-0.2, -0.15) is 0 Å². The Bertz CT molecular complexity index is 703. The molecule has 0 atom stereocenters. The number of amides is 2. The summed E-state index contributed by atoms with van der Waals surface area (Å²) in [6.45, 7) is 2.20. The van der Waals surface area contributed by atoms with Crippen molar-refractivity contribution in [3.05, 3.63) is 28.8 Å². The molecule has 1 aromatic rings. The van der Waals surface area contributed by atoms with Gasteiger partial charge >= 0.3 is 6.03 Å². The Labute approximate surface area is 155 Å². The van der Waals surface area contributed by atoms with Gasteiger partial charge in [0.25, 0.3) is 0 Å². The minimum absolute atomic E-state index is 0.166. The van der Waals surface area contributed by atoms with E-state index in [1.54, 1.807) is 18.2 Å². The third-order valence-electron chi connectivity index (χ3n) is 4.37. The van der Waals surface area contributed by atoms with E-state index in [1.807, 2.05) is 6.92 Å². The zero-order valence-corrected chi connectivity index (χ0v) is 16.3. The molecule has 0 heterocycles. The van der Waals surface area contributed by atoms with Crippen LogP contribution in [-0.4, -0.2) is 39.8 Å². The fourth-order valence-corrected chi connectivity index (χ4v) is 4.33. The Kier molecular flexibility index (Phi) is 6.95. The topological polar surface area (TPSA) is 78.5 Å². The van der Waals surface area contributed by atoms with Crippen LogP contribution in [0.15, 0.2) is 18.2 Å². The summed E-state index contributed by atoms with van der Waals surface area (Å²) < 4.78 is 25.5. The molecule has 1 aromatic carbocycles. The maximum absolute atomic E-state index is 12.1. The van der Waals surface area contributed by atoms with Crippen LogP contribution in [0.3, 0.4) is 0 Å². The van der Waals surface area contributed by atoms with Crippen LogP contribution >= 0.6 is 11.6 Å². The van der Waals surface area contributed by atoms with Crippen LogP contribution in [0.1, 0.15) is 37.7 Å². The lowest BCUT2D eigenvalue weighted by molar-refractivity contribution is 0.233. The highest BCUT2D eigenvalue weighted by molar-refractivity contribution is 7.92. The molecule has 0 unspecified atom stereocenters. The highest BCUT2D eigenvalue weighted by atomic mass is 35.5. The Morgan fingerprint density at radius 2 is 1.96 bits per heavy atom. The molecule has 0 radical (unpaired) electrons. The maximum Gasteiger partial charge on any atom is 0.315 e. The van der Waals surface area contributed by atoms with Crippen molar-refractivity contribution in [1.82, 2.24) is 10.6 Å². The molecule has 2 rings (SSSR count). The van der Waals surface area contributed by atoms with Crippen molar-refractivity contribution >= 4 is 33.3 Å². The summed E-state index contributed by atoms with van der Waals surface area (Å²) in [5, 5.41) is 6.26. The highest BCUT2D eigenvalue weighted by Crippen LogP contribution is 2.25. The van der Waals surface area contributed by atoms with Gasteiger partial charge in [-0.25, -0.2) is 13.2 Å². The first-order chi connectivity index (χ1) is 11.8. The molecule has 1 fully saturated rings. The van der Waals surface area contributed by atoms with Gasteiger partial charge < -0.3 is 10.6 Å². The van der Waals surface area contributed by atoms with E-state index >= 15 is 0 Å². The molecule has 2 amide bonds. The Hall–Kier alpha value is -1.47. The zero-order chi connectivity index (χ0) is 18.4. The summed E-state index contributed by atoms with van der Waals surface area (Å²) in [5.41, 5.74) is 1.34. The van der Waals surface area contributed by atoms with Crippen LogP contribution in [0.2, 0.25) is 5.02 Å². The average molecular weight is 388 g/mol. The summed E-state index contributed by atoms with van der Waals surface area (Å²) in [6, 6.07) is 5.04. The fourth-order valence-electron chi connectivity index (χ4n) is 3.12. The van der Waals surface area contributed by atoms with Crippen LogP contribution < -0.4 is 14.9 Å². The number of benzene rings is 1. The van der Waals surface area contributed by atoms with Crippen molar-refractivity contribution < 1.29 is 13.2 Å². The van der Waals surface area contributed by atoms with E-state index in [4.69, 9.17) is 11.6 Å². The minimum Gasteiger partial charge on any atom is -0.336 e. The van der Waals surface area contributed by atoms with Crippen molar-refractivity contribution in [3.63, 3.8) is 0 Å². The molecular weight excluding hydrogens is 362 g/mol. The molecule has 0 bridgehead atoms. The van der Waals surface area contributed by atoms with Gasteiger partial charge in [0, 0.05) is 17.6 Å². The third kappa shape index (κ3) is 6.08. The van der Waals surface area contributed by atoms with Gasteiger partial charge in [-0.3, -0.25) is 4.31 Å². The standard InChI is InChI=1S/C17H26ClN3O3S/c1-13-12-14(18)8-9-16(13)21(25(2,23)24)11-10-19-17(22)20-15-6-4-3-5-7-15/h8-9,12,15H,3-7,10-11H2,1-2H3,(H2,19,20,22). The van der Waals surface area contributed by atoms with E-state index in [9.17, 15) is 13.2 Å². The predicted octanol–water partition coefficient (Wildman–Crippen LogP) is 3.05. The molecule has 6 nitrogen and oxygen atoms in total. The van der Waals surface area contributed by atoms with Crippen LogP contribution in [0, 0.1) is 6.92 Å². The second kappa shape index (κ2) is 8.76. The van der Waals surface area contributed by atoms with E-state index in [2.05, 4.69) is 10.6 Å². The highest BCUT2D eigenvalue weighted by Gasteiger charge is 2.20. The van der Waals surface area contributed by atoms with Crippen LogP contribution in [0.25, 0.3) is 0 Å². The first-order valence-corrected chi connectivity index (χ1v) is 10.8. The molecule has 1 aliphatic carbocycles. The van der Waals surface area contributed by atoms with E-state index in [0.29, 0.717) is 10.7 Å². The lowest BCUT2D eigenvalue weighted by atomic mass is 9.96. The predicted molar refractivity (Wildman–Crippen MR) is 102 cm³/mol. The van der Waals surface area contributed by atoms with Gasteiger partial charge in [0.2, 0.25) is 10.0 Å². The number of rotatable bonds is 6. The van der Waals surface area contributed by atoms with Crippen molar-refractivity contribution in [2.24, 2.45) is 0 Å². The van der Waals surface area contributed by atoms with E-state index in [1.165, 1.54) is 10.7 Å². The van der Waals surface area contributed by atoms with E-state index in [-0.39, 0.29) is 25.2 Å². The molecule has 1 saturated carbocycles. The van der Waals surface area contributed by atoms with Gasteiger partial charge in [-0.1, -0.05) is 30.9 Å². The molecule has 1 aliphatic rings. The number of aryl methyl sites for hydroxylation is 1. The molecule has 0 aromatic heterocycles. The van der Waals surface area contributed by atoms with Crippen LogP contribution in [0.4, 0.5) is 10.5 Å². The fraction of sp³-hybridized carbons (Fsp3) is 0.588. The van der Waals surface area contributed by atoms with E-state index < -0.39 is 10.0 Å². The monoisotopic (exact) mass is 387 g/mol. The van der Waals surface area contributed by atoms with Crippen molar-refractivity contribution in [2.45, 2.75) is 45.1 Å². The van der Waals surface area contributed by atoms with Crippen molar-refractivity contribution in [1.29, 1.82) is 0 Å². The number of nitrogens with one attached hydrogen (secondary N) is 2. The Balaban J connectivity index is 1.93. The molecule has 8 heteroatoms. The zero-order valence-electron chi connectivity index (χ0n) is 14.7. The smallest absolute Gasteiger partial charge is 0.315 e. The number of anilines is 1. The van der Waals surface area contributed by atoms with Gasteiger partial charge in [0.1, 0.15) is 0 Å². The molecular formula is C17H26ClN3O3S. The van der Waals surface area contributed by atoms with Crippen molar-refractivity contribution in [3.8, 4) is 0 Å². The summed E-state index contributed by atoms with van der Waals surface area (Å²) in [4.78, 5) is 12.0. The lowest BCUT2D eigenvalue weighted by Crippen LogP contribution is -2.46. The largest absolute Gasteiger partial charge is 0.336 e. The summed E-state index contributed by atoms with van der Waals surface area (Å²) >= 11 is 5.94. The Morgan fingerprint density at radius 1 is 1.28 bits per heavy atom. The minimum atomic E-state index is -3.46. The summed E-state index contributed by atoms with van der Waals surface area (Å²) in [7, 11) is -3.46. The normalized spacial score (nSPS) is 15.6. The molecule has 140 valence electrons. The first-order valence-electron chi connectivity index (χ1n) is 8.55. The molecule has 0 saturated heterocycles. The Morgan fingerprint density at radius 3 is 2.56 bits per heavy atom. The maximum atomic E-state index is 12.1. The van der Waals surface area contributed by atoms with Crippen LogP contribution in [0.5, 0.6) is 0 Å². The number of carbonyl (C=O) groups is 1. The van der Waals surface area contributed by atoms with E-state index in [0.717, 1.165) is 37.5 Å². The summed E-state index contributed by atoms with van der Waals surface area (Å²) in [6.07, 6.45) is 6.68. The van der Waals surface area contributed by atoms with Gasteiger partial charge in [0.15, 0.2) is 0 Å². The molecule has 0 aliphatic heterocycles. The molecule has 0 spiro atoms. The lowest BCUT2D eigenvalue weighted by Gasteiger charge is -2.25. The van der Waals surface area contributed by atoms with Crippen LogP contribution in [-0.2, 0) is 10.0 Å². The van der Waals surface area contributed by atoms with Crippen molar-refractivity contribution in [2.75, 3.05) is 23.7 Å². The molecule has 25 heavy (non-hydrogen) atoms. The molecule has 2 N–H and O–H groups in total. The number of hydrogen-bond donors (Lipinski definition) is 2. The average Bonchev–Trinajstić information content (AvgIpc) is 2.52. The number of sulfonamides is 1. The quantitative estimate of drug-likeness (QED) is 0.787. The number of hydrogen-bond acceptors (Lipinski definition) is 3. The first kappa shape index (κ1) is 19.8. The third-order valence-corrected chi connectivity index (χ3v) is 5.78.